The molecule has 2 heteroatoms. The number of rotatable bonds is 3. The second kappa shape index (κ2) is 6.10. The number of fused-ring (bicyclic) bond motifs is 3. The van der Waals surface area contributed by atoms with Crippen molar-refractivity contribution in [3.8, 4) is 11.1 Å². The molecule has 4 rings (SSSR count). The van der Waals surface area contributed by atoms with E-state index in [4.69, 9.17) is 11.6 Å². The third kappa shape index (κ3) is 2.68. The molecule has 0 unspecified atom stereocenters. The maximum atomic E-state index is 12.3. The monoisotopic (exact) mass is 330 g/mol. The van der Waals surface area contributed by atoms with Gasteiger partial charge in [-0.3, -0.25) is 4.79 Å². The van der Waals surface area contributed by atoms with Crippen molar-refractivity contribution in [2.75, 3.05) is 0 Å². The van der Waals surface area contributed by atoms with Crippen molar-refractivity contribution in [3.63, 3.8) is 0 Å². The Labute approximate surface area is 146 Å². The first-order chi connectivity index (χ1) is 11.7. The summed E-state index contributed by atoms with van der Waals surface area (Å²) in [4.78, 5) is 12.3. The summed E-state index contributed by atoms with van der Waals surface area (Å²) in [5, 5.41) is 0.483. The van der Waals surface area contributed by atoms with E-state index in [9.17, 15) is 4.79 Å². The van der Waals surface area contributed by atoms with Crippen LogP contribution in [-0.4, -0.2) is 5.78 Å². The molecular formula is C22H15ClO. The van der Waals surface area contributed by atoms with E-state index >= 15 is 0 Å². The van der Waals surface area contributed by atoms with Crippen LogP contribution in [0.5, 0.6) is 0 Å². The van der Waals surface area contributed by atoms with Gasteiger partial charge >= 0.3 is 0 Å². The molecule has 116 valence electrons. The second-order valence-corrected chi connectivity index (χ2v) is 6.34. The van der Waals surface area contributed by atoms with Gasteiger partial charge in [0.25, 0.3) is 0 Å². The highest BCUT2D eigenvalue weighted by Gasteiger charge is 2.17. The van der Waals surface area contributed by atoms with Crippen LogP contribution in [0.2, 0.25) is 5.02 Å². The van der Waals surface area contributed by atoms with E-state index in [1.165, 1.54) is 22.3 Å². The van der Waals surface area contributed by atoms with Crippen LogP contribution in [0.25, 0.3) is 17.2 Å². The van der Waals surface area contributed by atoms with Crippen LogP contribution in [0, 0.1) is 0 Å². The summed E-state index contributed by atoms with van der Waals surface area (Å²) in [6.07, 6.45) is 4.39. The lowest BCUT2D eigenvalue weighted by Gasteiger charge is -2.02. The summed E-state index contributed by atoms with van der Waals surface area (Å²) >= 11 is 6.07. The average molecular weight is 331 g/mol. The SMILES string of the molecule is O=C(/C=C\c1ccc2c(c1)Cc1ccccc1-2)c1ccccc1Cl. The maximum Gasteiger partial charge on any atom is 0.187 e. The molecule has 0 aliphatic heterocycles. The molecule has 0 saturated heterocycles. The van der Waals surface area contributed by atoms with E-state index in [2.05, 4.69) is 42.5 Å². The molecule has 0 spiro atoms. The van der Waals surface area contributed by atoms with E-state index in [0.717, 1.165) is 12.0 Å². The molecule has 0 amide bonds. The highest BCUT2D eigenvalue weighted by Crippen LogP contribution is 2.36. The Bertz CT molecular complexity index is 969. The van der Waals surface area contributed by atoms with Gasteiger partial charge in [-0.1, -0.05) is 72.3 Å². The number of hydrogen-bond acceptors (Lipinski definition) is 1. The number of benzene rings is 3. The van der Waals surface area contributed by atoms with Crippen LogP contribution in [0.1, 0.15) is 27.0 Å². The molecule has 1 nitrogen and oxygen atoms in total. The van der Waals surface area contributed by atoms with Crippen molar-refractivity contribution in [2.24, 2.45) is 0 Å². The van der Waals surface area contributed by atoms with E-state index < -0.39 is 0 Å². The summed E-state index contributed by atoms with van der Waals surface area (Å²) in [5.74, 6) is -0.0793. The van der Waals surface area contributed by atoms with Crippen molar-refractivity contribution in [1.29, 1.82) is 0 Å². The molecular weight excluding hydrogens is 316 g/mol. The molecule has 0 heterocycles. The zero-order valence-corrected chi connectivity index (χ0v) is 13.8. The lowest BCUT2D eigenvalue weighted by Crippen LogP contribution is -1.94. The summed E-state index contributed by atoms with van der Waals surface area (Å²) in [7, 11) is 0. The van der Waals surface area contributed by atoms with Crippen LogP contribution >= 0.6 is 11.6 Å². The topological polar surface area (TPSA) is 17.1 Å². The summed E-state index contributed by atoms with van der Waals surface area (Å²) in [6.45, 7) is 0. The lowest BCUT2D eigenvalue weighted by atomic mass is 10.0. The minimum atomic E-state index is -0.0793. The number of halogens is 1. The van der Waals surface area contributed by atoms with E-state index in [1.807, 2.05) is 18.2 Å². The van der Waals surface area contributed by atoms with Crippen molar-refractivity contribution in [1.82, 2.24) is 0 Å². The van der Waals surface area contributed by atoms with Gasteiger partial charge in [0.1, 0.15) is 0 Å². The van der Waals surface area contributed by atoms with Crippen molar-refractivity contribution in [2.45, 2.75) is 6.42 Å². The van der Waals surface area contributed by atoms with Crippen molar-refractivity contribution >= 4 is 23.5 Å². The third-order valence-electron chi connectivity index (χ3n) is 4.38. The Morgan fingerprint density at radius 1 is 0.875 bits per heavy atom. The molecule has 24 heavy (non-hydrogen) atoms. The molecule has 0 atom stereocenters. The molecule has 0 fully saturated rings. The number of carbonyl (C=O) groups excluding carboxylic acids is 1. The zero-order chi connectivity index (χ0) is 16.5. The first-order valence-electron chi connectivity index (χ1n) is 7.90. The smallest absolute Gasteiger partial charge is 0.187 e. The number of ketones is 1. The van der Waals surface area contributed by atoms with Gasteiger partial charge in [0.05, 0.1) is 5.02 Å². The normalized spacial score (nSPS) is 12.2. The minimum Gasteiger partial charge on any atom is -0.289 e. The highest BCUT2D eigenvalue weighted by molar-refractivity contribution is 6.34. The fourth-order valence-electron chi connectivity index (χ4n) is 3.19. The minimum absolute atomic E-state index is 0.0793. The Morgan fingerprint density at radius 3 is 2.50 bits per heavy atom. The lowest BCUT2D eigenvalue weighted by molar-refractivity contribution is 0.104. The summed E-state index contributed by atoms with van der Waals surface area (Å²) in [6, 6.07) is 22.0. The molecule has 0 N–H and O–H groups in total. The standard InChI is InChI=1S/C22H15ClO/c23-21-8-4-3-7-20(21)22(24)12-10-15-9-11-19-17(13-15)14-16-5-1-2-6-18(16)19/h1-13H,14H2/b12-10-. The van der Waals surface area contributed by atoms with Crippen LogP contribution in [0.4, 0.5) is 0 Å². The van der Waals surface area contributed by atoms with Gasteiger partial charge in [0, 0.05) is 5.56 Å². The molecule has 0 saturated carbocycles. The van der Waals surface area contributed by atoms with Crippen molar-refractivity contribution < 1.29 is 4.79 Å². The van der Waals surface area contributed by atoms with E-state index in [-0.39, 0.29) is 5.78 Å². The van der Waals surface area contributed by atoms with Gasteiger partial charge in [0.2, 0.25) is 0 Å². The summed E-state index contributed by atoms with van der Waals surface area (Å²) < 4.78 is 0. The van der Waals surface area contributed by atoms with E-state index in [0.29, 0.717) is 10.6 Å². The Kier molecular flexibility index (Phi) is 3.79. The fraction of sp³-hybridized carbons (Fsp3) is 0.0455. The number of allylic oxidation sites excluding steroid dienone is 1. The third-order valence-corrected chi connectivity index (χ3v) is 4.71. The highest BCUT2D eigenvalue weighted by atomic mass is 35.5. The van der Waals surface area contributed by atoms with Crippen LogP contribution in [-0.2, 0) is 6.42 Å². The Hall–Kier alpha value is -2.64. The predicted molar refractivity (Wildman–Crippen MR) is 99.5 cm³/mol. The molecule has 0 bridgehead atoms. The molecule has 1 aliphatic carbocycles. The number of hydrogen-bond donors (Lipinski definition) is 0. The van der Waals surface area contributed by atoms with Gasteiger partial charge in [-0.2, -0.15) is 0 Å². The summed E-state index contributed by atoms with van der Waals surface area (Å²) in [5.41, 5.74) is 6.84. The van der Waals surface area contributed by atoms with Gasteiger partial charge in [-0.05, 0) is 52.4 Å². The largest absolute Gasteiger partial charge is 0.289 e. The molecule has 1 aliphatic rings. The predicted octanol–water partition coefficient (Wildman–Crippen LogP) is 5.81. The Balaban J connectivity index is 1.60. The Morgan fingerprint density at radius 2 is 1.62 bits per heavy atom. The molecule has 3 aromatic carbocycles. The first-order valence-corrected chi connectivity index (χ1v) is 8.28. The van der Waals surface area contributed by atoms with Crippen LogP contribution < -0.4 is 0 Å². The van der Waals surface area contributed by atoms with E-state index in [1.54, 1.807) is 18.2 Å². The van der Waals surface area contributed by atoms with Crippen LogP contribution in [0.3, 0.4) is 0 Å². The number of carbonyl (C=O) groups is 1. The second-order valence-electron chi connectivity index (χ2n) is 5.93. The zero-order valence-electron chi connectivity index (χ0n) is 13.0. The quantitative estimate of drug-likeness (QED) is 0.342. The van der Waals surface area contributed by atoms with Gasteiger partial charge in [-0.25, -0.2) is 0 Å². The molecule has 0 radical (unpaired) electrons. The van der Waals surface area contributed by atoms with Gasteiger partial charge in [0.15, 0.2) is 5.78 Å². The van der Waals surface area contributed by atoms with Crippen LogP contribution in [0.15, 0.2) is 72.8 Å². The van der Waals surface area contributed by atoms with Crippen molar-refractivity contribution in [3.05, 3.63) is 100 Å². The van der Waals surface area contributed by atoms with Gasteiger partial charge in [-0.15, -0.1) is 0 Å². The molecule has 0 aromatic heterocycles. The fourth-order valence-corrected chi connectivity index (χ4v) is 3.42. The maximum absolute atomic E-state index is 12.3. The first kappa shape index (κ1) is 14.9. The molecule has 3 aromatic rings. The average Bonchev–Trinajstić information content (AvgIpc) is 2.98. The van der Waals surface area contributed by atoms with Gasteiger partial charge < -0.3 is 0 Å².